The molecule has 0 radical (unpaired) electrons. The van der Waals surface area contributed by atoms with Crippen molar-refractivity contribution in [1.82, 2.24) is 9.97 Å². The zero-order valence-electron chi connectivity index (χ0n) is 9.89. The quantitative estimate of drug-likeness (QED) is 0.852. The summed E-state index contributed by atoms with van der Waals surface area (Å²) in [6.45, 7) is 4.50. The van der Waals surface area contributed by atoms with Crippen molar-refractivity contribution in [2.45, 2.75) is 45.4 Å². The molecule has 1 N–H and O–H groups in total. The van der Waals surface area contributed by atoms with Crippen LogP contribution in [0.25, 0.3) is 0 Å². The van der Waals surface area contributed by atoms with E-state index >= 15 is 0 Å². The van der Waals surface area contributed by atoms with Crippen molar-refractivity contribution in [3.8, 4) is 0 Å². The lowest BCUT2D eigenvalue weighted by molar-refractivity contribution is 0.399. The molecule has 1 heterocycles. The maximum absolute atomic E-state index is 13.7. The van der Waals surface area contributed by atoms with E-state index in [1.165, 1.54) is 6.42 Å². The van der Waals surface area contributed by atoms with Gasteiger partial charge in [0.15, 0.2) is 11.6 Å². The minimum absolute atomic E-state index is 0.309. The van der Waals surface area contributed by atoms with Gasteiger partial charge in [-0.3, -0.25) is 0 Å². The van der Waals surface area contributed by atoms with Gasteiger partial charge in [0.1, 0.15) is 5.82 Å². The Morgan fingerprint density at radius 1 is 1.38 bits per heavy atom. The van der Waals surface area contributed by atoms with Gasteiger partial charge in [-0.2, -0.15) is 0 Å². The summed E-state index contributed by atoms with van der Waals surface area (Å²) < 4.78 is 13.7. The topological polar surface area (TPSA) is 37.8 Å². The zero-order valence-corrected chi connectivity index (χ0v) is 9.89. The van der Waals surface area contributed by atoms with Crippen LogP contribution in [0, 0.1) is 12.7 Å². The Morgan fingerprint density at radius 3 is 2.69 bits per heavy atom. The van der Waals surface area contributed by atoms with E-state index in [-0.39, 0.29) is 5.82 Å². The van der Waals surface area contributed by atoms with Crippen LogP contribution in [0.5, 0.6) is 0 Å². The first-order chi connectivity index (χ1) is 7.72. The molecular weight excluding hydrogens is 205 g/mol. The third-order valence-corrected chi connectivity index (χ3v) is 3.05. The minimum atomic E-state index is -0.309. The summed E-state index contributed by atoms with van der Waals surface area (Å²) in [6.07, 6.45) is 4.47. The number of anilines is 1. The van der Waals surface area contributed by atoms with Crippen LogP contribution in [-0.4, -0.2) is 16.5 Å². The van der Waals surface area contributed by atoms with E-state index in [0.29, 0.717) is 17.4 Å². The van der Waals surface area contributed by atoms with Gasteiger partial charge in [-0.25, -0.2) is 14.4 Å². The summed E-state index contributed by atoms with van der Waals surface area (Å²) in [5.74, 6) is 1.32. The molecule has 0 bridgehead atoms. The molecule has 0 unspecified atom stereocenters. The largest absolute Gasteiger partial charge is 0.368 e. The fraction of sp³-hybridized carbons (Fsp3) is 0.667. The van der Waals surface area contributed by atoms with Crippen molar-refractivity contribution in [3.05, 3.63) is 17.3 Å². The number of aromatic nitrogens is 2. The number of aryl methyl sites for hydroxylation is 1. The monoisotopic (exact) mass is 223 g/mol. The lowest BCUT2D eigenvalue weighted by Crippen LogP contribution is -2.16. The predicted molar refractivity (Wildman–Crippen MR) is 62.1 cm³/mol. The van der Waals surface area contributed by atoms with Crippen LogP contribution in [0.4, 0.5) is 10.2 Å². The normalized spacial score (nSPS) is 15.9. The summed E-state index contributed by atoms with van der Waals surface area (Å²) >= 11 is 0. The van der Waals surface area contributed by atoms with Gasteiger partial charge in [-0.1, -0.05) is 13.3 Å². The van der Waals surface area contributed by atoms with E-state index < -0.39 is 0 Å². The molecule has 1 aliphatic rings. The number of halogens is 1. The molecule has 1 aromatic rings. The van der Waals surface area contributed by atoms with Gasteiger partial charge in [0, 0.05) is 12.5 Å². The molecule has 0 amide bonds. The van der Waals surface area contributed by atoms with E-state index in [4.69, 9.17) is 0 Å². The van der Waals surface area contributed by atoms with Crippen LogP contribution in [0.1, 0.15) is 50.0 Å². The Hall–Kier alpha value is -1.19. The number of nitrogens with zero attached hydrogens (tertiary/aromatic N) is 2. The number of hydrogen-bond donors (Lipinski definition) is 1. The Morgan fingerprint density at radius 2 is 2.12 bits per heavy atom. The molecule has 1 aliphatic carbocycles. The van der Waals surface area contributed by atoms with E-state index in [2.05, 4.69) is 15.3 Å². The number of nitrogens with one attached hydrogen (secondary N) is 1. The second kappa shape index (κ2) is 4.76. The molecule has 4 heteroatoms. The summed E-state index contributed by atoms with van der Waals surface area (Å²) in [6, 6.07) is 0. The third kappa shape index (κ3) is 2.15. The predicted octanol–water partition coefficient (Wildman–Crippen LogP) is 3.01. The van der Waals surface area contributed by atoms with Gasteiger partial charge in [0.25, 0.3) is 0 Å². The fourth-order valence-corrected chi connectivity index (χ4v) is 1.79. The van der Waals surface area contributed by atoms with Crippen LogP contribution >= 0.6 is 0 Å². The average molecular weight is 223 g/mol. The highest BCUT2D eigenvalue weighted by Gasteiger charge is 2.24. The molecule has 3 nitrogen and oxygen atoms in total. The molecular formula is C12H18FN3. The van der Waals surface area contributed by atoms with Gasteiger partial charge >= 0.3 is 0 Å². The SMILES string of the molecule is CCCNc1nc(C2CCC2)nc(C)c1F. The Balaban J connectivity index is 2.23. The van der Waals surface area contributed by atoms with E-state index in [0.717, 1.165) is 31.6 Å². The maximum atomic E-state index is 13.7. The second-order valence-corrected chi connectivity index (χ2v) is 4.38. The fourth-order valence-electron chi connectivity index (χ4n) is 1.79. The molecule has 2 rings (SSSR count). The van der Waals surface area contributed by atoms with Crippen molar-refractivity contribution >= 4 is 5.82 Å². The Bertz CT molecular complexity index is 375. The summed E-state index contributed by atoms with van der Waals surface area (Å²) in [7, 11) is 0. The van der Waals surface area contributed by atoms with Crippen LogP contribution in [0.2, 0.25) is 0 Å². The number of hydrogen-bond acceptors (Lipinski definition) is 3. The van der Waals surface area contributed by atoms with Crippen molar-refractivity contribution < 1.29 is 4.39 Å². The van der Waals surface area contributed by atoms with Gasteiger partial charge in [0.05, 0.1) is 5.69 Å². The van der Waals surface area contributed by atoms with Crippen LogP contribution in [-0.2, 0) is 0 Å². The van der Waals surface area contributed by atoms with Gasteiger partial charge < -0.3 is 5.32 Å². The van der Waals surface area contributed by atoms with Crippen molar-refractivity contribution in [2.24, 2.45) is 0 Å². The minimum Gasteiger partial charge on any atom is -0.368 e. The zero-order chi connectivity index (χ0) is 11.5. The smallest absolute Gasteiger partial charge is 0.186 e. The molecule has 0 aliphatic heterocycles. The second-order valence-electron chi connectivity index (χ2n) is 4.38. The first-order valence-electron chi connectivity index (χ1n) is 6.00. The highest BCUT2D eigenvalue weighted by atomic mass is 19.1. The highest BCUT2D eigenvalue weighted by molar-refractivity contribution is 5.38. The lowest BCUT2D eigenvalue weighted by Gasteiger charge is -2.24. The molecule has 1 fully saturated rings. The van der Waals surface area contributed by atoms with Crippen molar-refractivity contribution in [1.29, 1.82) is 0 Å². The highest BCUT2D eigenvalue weighted by Crippen LogP contribution is 2.35. The van der Waals surface area contributed by atoms with Gasteiger partial charge in [-0.05, 0) is 26.2 Å². The van der Waals surface area contributed by atoms with E-state index in [1.54, 1.807) is 6.92 Å². The summed E-state index contributed by atoms with van der Waals surface area (Å²) in [5.41, 5.74) is 0.454. The molecule has 88 valence electrons. The molecule has 0 atom stereocenters. The molecule has 16 heavy (non-hydrogen) atoms. The molecule has 0 spiro atoms. The van der Waals surface area contributed by atoms with Crippen LogP contribution in [0.15, 0.2) is 0 Å². The summed E-state index contributed by atoms with van der Waals surface area (Å²) in [5, 5.41) is 3.02. The Kier molecular flexibility index (Phi) is 3.36. The third-order valence-electron chi connectivity index (χ3n) is 3.05. The summed E-state index contributed by atoms with van der Waals surface area (Å²) in [4.78, 5) is 8.53. The standard InChI is InChI=1S/C12H18FN3/c1-3-7-14-12-10(13)8(2)15-11(16-12)9-5-4-6-9/h9H,3-7H2,1-2H3,(H,14,15,16). The first-order valence-corrected chi connectivity index (χ1v) is 6.00. The first kappa shape index (κ1) is 11.3. The van der Waals surface area contributed by atoms with E-state index in [1.807, 2.05) is 6.92 Å². The number of rotatable bonds is 4. The molecule has 0 aromatic carbocycles. The average Bonchev–Trinajstić information content (AvgIpc) is 2.18. The Labute approximate surface area is 95.5 Å². The van der Waals surface area contributed by atoms with Crippen LogP contribution < -0.4 is 5.32 Å². The van der Waals surface area contributed by atoms with E-state index in [9.17, 15) is 4.39 Å². The lowest BCUT2D eigenvalue weighted by atomic mass is 9.85. The molecule has 1 saturated carbocycles. The van der Waals surface area contributed by atoms with Gasteiger partial charge in [0.2, 0.25) is 0 Å². The van der Waals surface area contributed by atoms with Crippen LogP contribution in [0.3, 0.4) is 0 Å². The maximum Gasteiger partial charge on any atom is 0.186 e. The molecule has 0 saturated heterocycles. The van der Waals surface area contributed by atoms with Crippen molar-refractivity contribution in [2.75, 3.05) is 11.9 Å². The molecule has 1 aromatic heterocycles. The van der Waals surface area contributed by atoms with Crippen molar-refractivity contribution in [3.63, 3.8) is 0 Å². The van der Waals surface area contributed by atoms with Gasteiger partial charge in [-0.15, -0.1) is 0 Å².